The maximum Gasteiger partial charge on any atom is 0.116 e. The van der Waals surface area contributed by atoms with E-state index < -0.39 is 0 Å². The number of fused-ring (bicyclic) bond motifs is 3. The van der Waals surface area contributed by atoms with Crippen LogP contribution in [0.2, 0.25) is 0 Å². The molecule has 5 aromatic carbocycles. The summed E-state index contributed by atoms with van der Waals surface area (Å²) < 4.78 is 2.13. The van der Waals surface area contributed by atoms with E-state index in [1.807, 2.05) is 60.7 Å². The summed E-state index contributed by atoms with van der Waals surface area (Å²) in [6.45, 7) is 0. The Bertz CT molecular complexity index is 1600. The Balaban J connectivity index is 1.50. The highest BCUT2D eigenvalue weighted by atomic mass is 16.3. The van der Waals surface area contributed by atoms with Gasteiger partial charge in [0.05, 0.1) is 11.0 Å². The smallest absolute Gasteiger partial charge is 0.116 e. The van der Waals surface area contributed by atoms with Crippen LogP contribution in [0, 0.1) is 0 Å². The highest BCUT2D eigenvalue weighted by Crippen LogP contribution is 2.38. The fourth-order valence-electron chi connectivity index (χ4n) is 4.72. The van der Waals surface area contributed by atoms with Crippen LogP contribution < -0.4 is 16.4 Å². The predicted molar refractivity (Wildman–Crippen MR) is 148 cm³/mol. The number of nitrogens with two attached hydrogens (primary N) is 2. The fraction of sp³-hybridized carbons (Fsp3) is 0. The third-order valence-electron chi connectivity index (χ3n) is 6.40. The quantitative estimate of drug-likeness (QED) is 0.211. The Morgan fingerprint density at radius 3 is 1.31 bits per heavy atom. The molecule has 1 aromatic heterocycles. The van der Waals surface area contributed by atoms with Crippen molar-refractivity contribution in [2.45, 2.75) is 0 Å². The number of hydrogen-bond acceptors (Lipinski definition) is 5. The average molecular weight is 473 g/mol. The number of rotatable bonds is 4. The summed E-state index contributed by atoms with van der Waals surface area (Å²) in [5.74, 6) is 0.366. The Kier molecular flexibility index (Phi) is 4.93. The number of aromatic nitrogens is 1. The van der Waals surface area contributed by atoms with E-state index in [0.29, 0.717) is 11.4 Å². The van der Waals surface area contributed by atoms with Crippen LogP contribution >= 0.6 is 0 Å². The number of nitrogens with zero attached hydrogens (tertiary/aromatic N) is 2. The van der Waals surface area contributed by atoms with Crippen LogP contribution in [0.3, 0.4) is 0 Å². The molecule has 1 heterocycles. The van der Waals surface area contributed by atoms with Gasteiger partial charge in [-0.15, -0.1) is 0 Å². The zero-order valence-corrected chi connectivity index (χ0v) is 19.3. The van der Waals surface area contributed by atoms with Gasteiger partial charge in [-0.25, -0.2) is 0 Å². The van der Waals surface area contributed by atoms with Crippen LogP contribution in [0.5, 0.6) is 11.5 Å². The molecule has 0 saturated heterocycles. The summed E-state index contributed by atoms with van der Waals surface area (Å²) in [5.41, 5.74) is 19.1. The molecule has 36 heavy (non-hydrogen) atoms. The Labute approximate surface area is 207 Å². The molecule has 0 bridgehead atoms. The second-order valence-electron chi connectivity index (χ2n) is 8.77. The van der Waals surface area contributed by atoms with Gasteiger partial charge in [0.1, 0.15) is 11.5 Å². The van der Waals surface area contributed by atoms with Gasteiger partial charge in [-0.2, -0.15) is 0 Å². The van der Waals surface area contributed by atoms with Crippen molar-refractivity contribution in [2.24, 2.45) is 0 Å². The third kappa shape index (κ3) is 3.61. The summed E-state index contributed by atoms with van der Waals surface area (Å²) in [5, 5.41) is 21.9. The zero-order valence-electron chi connectivity index (χ0n) is 19.3. The molecule has 0 aliphatic carbocycles. The predicted octanol–water partition coefficient (Wildman–Crippen LogP) is 6.83. The molecular formula is C30H24N4O2. The van der Waals surface area contributed by atoms with Crippen molar-refractivity contribution in [3.05, 3.63) is 109 Å². The Hall–Kier alpha value is -5.10. The van der Waals surface area contributed by atoms with Crippen molar-refractivity contribution < 1.29 is 10.2 Å². The van der Waals surface area contributed by atoms with E-state index in [0.717, 1.165) is 44.6 Å². The number of aromatic hydroxyl groups is 2. The first-order valence-corrected chi connectivity index (χ1v) is 11.6. The van der Waals surface area contributed by atoms with Gasteiger partial charge in [0.2, 0.25) is 0 Å². The third-order valence-corrected chi connectivity index (χ3v) is 6.40. The summed E-state index contributed by atoms with van der Waals surface area (Å²) in [6.07, 6.45) is 0. The van der Waals surface area contributed by atoms with Crippen molar-refractivity contribution in [3.8, 4) is 17.2 Å². The molecule has 6 aromatic rings. The molecule has 6 rings (SSSR count). The largest absolute Gasteiger partial charge is 0.508 e. The fourth-order valence-corrected chi connectivity index (χ4v) is 4.72. The van der Waals surface area contributed by atoms with Gasteiger partial charge in [-0.3, -0.25) is 0 Å². The van der Waals surface area contributed by atoms with Gasteiger partial charge in [0, 0.05) is 44.9 Å². The summed E-state index contributed by atoms with van der Waals surface area (Å²) in [4.78, 5) is 2.14. The minimum absolute atomic E-state index is 0.183. The molecule has 0 atom stereocenters. The van der Waals surface area contributed by atoms with Crippen LogP contribution in [0.4, 0.5) is 28.4 Å². The van der Waals surface area contributed by atoms with Gasteiger partial charge in [-0.1, -0.05) is 0 Å². The Morgan fingerprint density at radius 1 is 0.500 bits per heavy atom. The van der Waals surface area contributed by atoms with Crippen LogP contribution in [0.1, 0.15) is 0 Å². The normalized spacial score (nSPS) is 11.2. The molecule has 176 valence electrons. The van der Waals surface area contributed by atoms with Crippen LogP contribution in [-0.4, -0.2) is 14.8 Å². The van der Waals surface area contributed by atoms with E-state index in [2.05, 4.69) is 33.7 Å². The van der Waals surface area contributed by atoms with E-state index in [1.54, 1.807) is 24.3 Å². The number of phenolic OH excluding ortho intramolecular Hbond substituents is 2. The molecule has 6 N–H and O–H groups in total. The van der Waals surface area contributed by atoms with Crippen molar-refractivity contribution in [1.82, 2.24) is 4.57 Å². The summed E-state index contributed by atoms with van der Waals surface area (Å²) in [7, 11) is 0. The zero-order chi connectivity index (χ0) is 24.8. The molecule has 0 spiro atoms. The van der Waals surface area contributed by atoms with Crippen LogP contribution in [0.25, 0.3) is 27.5 Å². The van der Waals surface area contributed by atoms with Crippen molar-refractivity contribution in [1.29, 1.82) is 0 Å². The number of phenols is 2. The molecular weight excluding hydrogens is 448 g/mol. The van der Waals surface area contributed by atoms with Crippen molar-refractivity contribution >= 4 is 50.2 Å². The van der Waals surface area contributed by atoms with Gasteiger partial charge in [0.25, 0.3) is 0 Å². The minimum Gasteiger partial charge on any atom is -0.508 e. The minimum atomic E-state index is 0.183. The number of anilines is 5. The van der Waals surface area contributed by atoms with Crippen molar-refractivity contribution in [2.75, 3.05) is 16.4 Å². The lowest BCUT2D eigenvalue weighted by Gasteiger charge is -2.26. The van der Waals surface area contributed by atoms with E-state index >= 15 is 0 Å². The van der Waals surface area contributed by atoms with E-state index in [4.69, 9.17) is 11.5 Å². The molecule has 0 fully saturated rings. The SMILES string of the molecule is Nc1ccc(N(c2ccc(N)cc2)c2ccc(-n3c4ccc(O)cc4c4cc(O)ccc43)cc2)cc1. The molecule has 0 aliphatic heterocycles. The molecule has 0 amide bonds. The Morgan fingerprint density at radius 2 is 0.889 bits per heavy atom. The van der Waals surface area contributed by atoms with Gasteiger partial charge in [0.15, 0.2) is 0 Å². The van der Waals surface area contributed by atoms with Gasteiger partial charge < -0.3 is 31.1 Å². The first-order chi connectivity index (χ1) is 17.5. The second-order valence-corrected chi connectivity index (χ2v) is 8.77. The van der Waals surface area contributed by atoms with E-state index in [-0.39, 0.29) is 11.5 Å². The highest BCUT2D eigenvalue weighted by molar-refractivity contribution is 6.10. The average Bonchev–Trinajstić information content (AvgIpc) is 3.19. The maximum atomic E-state index is 10.1. The number of benzene rings is 5. The molecule has 0 aliphatic rings. The second kappa shape index (κ2) is 8.29. The topological polar surface area (TPSA) is 101 Å². The van der Waals surface area contributed by atoms with E-state index in [9.17, 15) is 10.2 Å². The molecule has 0 saturated carbocycles. The molecule has 0 radical (unpaired) electrons. The molecule has 0 unspecified atom stereocenters. The highest BCUT2D eigenvalue weighted by Gasteiger charge is 2.16. The lowest BCUT2D eigenvalue weighted by Crippen LogP contribution is -2.10. The van der Waals surface area contributed by atoms with Crippen molar-refractivity contribution in [3.63, 3.8) is 0 Å². The number of hydrogen-bond donors (Lipinski definition) is 4. The maximum absolute atomic E-state index is 10.1. The van der Waals surface area contributed by atoms with Crippen LogP contribution in [-0.2, 0) is 0 Å². The van der Waals surface area contributed by atoms with Crippen LogP contribution in [0.15, 0.2) is 109 Å². The van der Waals surface area contributed by atoms with Gasteiger partial charge in [-0.05, 0) is 109 Å². The van der Waals surface area contributed by atoms with E-state index in [1.165, 1.54) is 0 Å². The molecule has 6 heteroatoms. The lowest BCUT2D eigenvalue weighted by atomic mass is 10.1. The standard InChI is InChI=1S/C30H24N4O2/c31-19-1-5-21(6-2-19)33(22-7-3-20(32)4-8-22)23-9-11-24(12-10-23)34-29-15-13-25(35)17-27(29)28-18-26(36)14-16-30(28)34/h1-18,35-36H,31-32H2. The number of nitrogen functional groups attached to an aromatic ring is 2. The summed E-state index contributed by atoms with van der Waals surface area (Å²) in [6, 6.07) is 34.4. The summed E-state index contributed by atoms with van der Waals surface area (Å²) >= 11 is 0. The lowest BCUT2D eigenvalue weighted by molar-refractivity contribution is 0.475. The first kappa shape index (κ1) is 21.4. The molecule has 6 nitrogen and oxygen atoms in total. The monoisotopic (exact) mass is 472 g/mol. The first-order valence-electron chi connectivity index (χ1n) is 11.6. The van der Waals surface area contributed by atoms with Gasteiger partial charge >= 0.3 is 0 Å².